The van der Waals surface area contributed by atoms with Crippen LogP contribution in [0.4, 0.5) is 0 Å². The van der Waals surface area contributed by atoms with Crippen LogP contribution in [0.25, 0.3) is 12.2 Å². The van der Waals surface area contributed by atoms with E-state index in [1.54, 1.807) is 36.4 Å². The molecule has 3 aromatic carbocycles. The number of hydrogen-bond acceptors (Lipinski definition) is 5. The Morgan fingerprint density at radius 3 is 2.28 bits per heavy atom. The van der Waals surface area contributed by atoms with Crippen molar-refractivity contribution in [3.05, 3.63) is 117 Å². The first-order valence-corrected chi connectivity index (χ1v) is 12.5. The topological polar surface area (TPSA) is 74.7 Å². The van der Waals surface area contributed by atoms with Gasteiger partial charge in [0.25, 0.3) is 5.91 Å². The second kappa shape index (κ2) is 11.5. The van der Waals surface area contributed by atoms with Crippen LogP contribution in [-0.4, -0.2) is 38.0 Å². The lowest BCUT2D eigenvalue weighted by atomic mass is 10.0. The summed E-state index contributed by atoms with van der Waals surface area (Å²) in [6.45, 7) is 0. The van der Waals surface area contributed by atoms with Crippen molar-refractivity contribution in [1.29, 1.82) is 0 Å². The van der Waals surface area contributed by atoms with Crippen molar-refractivity contribution in [2.24, 2.45) is 0 Å². The number of hydrogen-bond donors (Lipinski definition) is 1. The molecule has 180 valence electrons. The Balaban J connectivity index is 1.47. The highest BCUT2D eigenvalue weighted by atomic mass is 35.5. The van der Waals surface area contributed by atoms with E-state index in [0.29, 0.717) is 15.5 Å². The molecular weight excluding hydrogens is 514 g/mol. The second-order valence-corrected chi connectivity index (χ2v) is 10.0. The average Bonchev–Trinajstić information content (AvgIpc) is 3.15. The Morgan fingerprint density at radius 1 is 0.972 bits per heavy atom. The first kappa shape index (κ1) is 25.6. The lowest BCUT2D eigenvalue weighted by molar-refractivity contribution is -0.145. The number of thiocarbonyl (C=S) groups is 1. The largest absolute Gasteiger partial charge is 0.480 e. The number of halogens is 1. The molecule has 8 heteroatoms. The maximum Gasteiger partial charge on any atom is 0.327 e. The van der Waals surface area contributed by atoms with Crippen LogP contribution < -0.4 is 0 Å². The molecule has 1 amide bonds. The number of carboxylic acid groups (broad SMARTS) is 1. The number of nitrogens with zero attached hydrogens (tertiary/aromatic N) is 1. The lowest BCUT2D eigenvalue weighted by Gasteiger charge is -2.23. The number of thioether (sulfide) groups is 1. The molecule has 1 fully saturated rings. The smallest absolute Gasteiger partial charge is 0.327 e. The summed E-state index contributed by atoms with van der Waals surface area (Å²) in [4.78, 5) is 39.0. The van der Waals surface area contributed by atoms with Gasteiger partial charge >= 0.3 is 5.97 Å². The molecule has 5 nitrogen and oxygen atoms in total. The number of benzene rings is 3. The van der Waals surface area contributed by atoms with Crippen molar-refractivity contribution in [1.82, 2.24) is 4.90 Å². The van der Waals surface area contributed by atoms with Gasteiger partial charge in [-0.1, -0.05) is 108 Å². The molecule has 1 saturated heterocycles. The van der Waals surface area contributed by atoms with Gasteiger partial charge < -0.3 is 5.11 Å². The second-order valence-electron chi connectivity index (χ2n) is 7.94. The number of rotatable bonds is 8. The Labute approximate surface area is 223 Å². The molecule has 36 heavy (non-hydrogen) atoms. The zero-order chi connectivity index (χ0) is 25.7. The lowest BCUT2D eigenvalue weighted by Crippen LogP contribution is -2.45. The number of carbonyl (C=O) groups excluding carboxylic acids is 2. The molecular formula is C28H20ClNO4S2. The fourth-order valence-electron chi connectivity index (χ4n) is 3.65. The molecule has 1 N–H and O–H groups in total. The van der Waals surface area contributed by atoms with Crippen molar-refractivity contribution in [3.63, 3.8) is 0 Å². The molecule has 1 aliphatic heterocycles. The summed E-state index contributed by atoms with van der Waals surface area (Å²) in [7, 11) is 0. The van der Waals surface area contributed by atoms with Crippen molar-refractivity contribution >= 4 is 69.7 Å². The minimum Gasteiger partial charge on any atom is -0.480 e. The number of aliphatic carboxylic acids is 1. The van der Waals surface area contributed by atoms with E-state index in [2.05, 4.69) is 0 Å². The molecule has 1 aliphatic rings. The normalized spacial score (nSPS) is 15.6. The van der Waals surface area contributed by atoms with Gasteiger partial charge in [-0.05, 0) is 41.0 Å². The molecule has 0 aliphatic carbocycles. The monoisotopic (exact) mass is 533 g/mol. The van der Waals surface area contributed by atoms with Crippen LogP contribution in [0.15, 0.2) is 89.8 Å². The fraction of sp³-hybridized carbons (Fsp3) is 0.0714. The predicted molar refractivity (Wildman–Crippen MR) is 148 cm³/mol. The van der Waals surface area contributed by atoms with Crippen LogP contribution in [0.5, 0.6) is 0 Å². The van der Waals surface area contributed by atoms with Gasteiger partial charge in [-0.15, -0.1) is 0 Å². The van der Waals surface area contributed by atoms with Crippen LogP contribution in [0.3, 0.4) is 0 Å². The van der Waals surface area contributed by atoms with E-state index in [1.165, 1.54) is 11.0 Å². The Morgan fingerprint density at radius 2 is 1.61 bits per heavy atom. The fourth-order valence-corrected chi connectivity index (χ4v) is 5.24. The third-order valence-electron chi connectivity index (χ3n) is 5.49. The first-order valence-electron chi connectivity index (χ1n) is 10.9. The van der Waals surface area contributed by atoms with Gasteiger partial charge in [0.05, 0.1) is 9.93 Å². The zero-order valence-electron chi connectivity index (χ0n) is 18.8. The van der Waals surface area contributed by atoms with Gasteiger partial charge in [-0.25, -0.2) is 4.79 Å². The highest BCUT2D eigenvalue weighted by Crippen LogP contribution is 2.35. The molecule has 1 atom stereocenters. The summed E-state index contributed by atoms with van der Waals surface area (Å²) in [5, 5.41) is 10.2. The van der Waals surface area contributed by atoms with E-state index in [0.717, 1.165) is 28.5 Å². The molecule has 0 bridgehead atoms. The molecule has 3 aromatic rings. The summed E-state index contributed by atoms with van der Waals surface area (Å²) in [5.41, 5.74) is 2.79. The Bertz CT molecular complexity index is 1380. The molecule has 0 unspecified atom stereocenters. The number of ketones is 1. The van der Waals surface area contributed by atoms with Crippen LogP contribution in [-0.2, 0) is 16.0 Å². The van der Waals surface area contributed by atoms with Crippen molar-refractivity contribution < 1.29 is 19.5 Å². The van der Waals surface area contributed by atoms with Crippen LogP contribution >= 0.6 is 35.6 Å². The quantitative estimate of drug-likeness (QED) is 0.213. The summed E-state index contributed by atoms with van der Waals surface area (Å²) in [6.07, 6.45) is 4.99. The third-order valence-corrected chi connectivity index (χ3v) is 7.15. The highest BCUT2D eigenvalue weighted by Gasteiger charge is 2.40. The SMILES string of the molecule is O=C(/C=C/c1ccc(/C=C2\SC(=S)N([C@@H](Cc3ccccc3)C(=O)O)C2=O)cc1)c1ccccc1Cl. The van der Waals surface area contributed by atoms with Gasteiger partial charge in [0, 0.05) is 12.0 Å². The zero-order valence-corrected chi connectivity index (χ0v) is 21.2. The minimum absolute atomic E-state index is 0.157. The number of allylic oxidation sites excluding steroid dienone is 1. The van der Waals surface area contributed by atoms with Crippen molar-refractivity contribution in [3.8, 4) is 0 Å². The van der Waals surface area contributed by atoms with Gasteiger partial charge in [0.1, 0.15) is 10.4 Å². The highest BCUT2D eigenvalue weighted by molar-refractivity contribution is 8.26. The minimum atomic E-state index is -1.11. The van der Waals surface area contributed by atoms with Gasteiger partial charge in [0.15, 0.2) is 5.78 Å². The van der Waals surface area contributed by atoms with Gasteiger partial charge in [0.2, 0.25) is 0 Å². The van der Waals surface area contributed by atoms with Crippen LogP contribution in [0.1, 0.15) is 27.0 Å². The van der Waals surface area contributed by atoms with E-state index in [1.807, 2.05) is 54.6 Å². The van der Waals surface area contributed by atoms with E-state index in [-0.39, 0.29) is 16.5 Å². The number of amides is 1. The van der Waals surface area contributed by atoms with E-state index < -0.39 is 17.9 Å². The maximum atomic E-state index is 13.1. The molecule has 1 heterocycles. The van der Waals surface area contributed by atoms with E-state index in [9.17, 15) is 19.5 Å². The van der Waals surface area contributed by atoms with Crippen LogP contribution in [0.2, 0.25) is 5.02 Å². The molecule has 0 saturated carbocycles. The number of carbonyl (C=O) groups is 3. The summed E-state index contributed by atoms with van der Waals surface area (Å²) in [5.74, 6) is -1.74. The van der Waals surface area contributed by atoms with Crippen molar-refractivity contribution in [2.75, 3.05) is 0 Å². The molecule has 4 rings (SSSR count). The van der Waals surface area contributed by atoms with E-state index >= 15 is 0 Å². The molecule has 0 radical (unpaired) electrons. The van der Waals surface area contributed by atoms with Gasteiger partial charge in [-0.3, -0.25) is 14.5 Å². The Kier molecular flexibility index (Phi) is 8.15. The summed E-state index contributed by atoms with van der Waals surface area (Å²) in [6, 6.07) is 22.2. The van der Waals surface area contributed by atoms with E-state index in [4.69, 9.17) is 23.8 Å². The summed E-state index contributed by atoms with van der Waals surface area (Å²) >= 11 is 12.5. The summed E-state index contributed by atoms with van der Waals surface area (Å²) < 4.78 is 0.215. The molecule has 0 aromatic heterocycles. The average molecular weight is 534 g/mol. The maximum absolute atomic E-state index is 13.1. The Hall–Kier alpha value is -3.52. The third kappa shape index (κ3) is 5.99. The van der Waals surface area contributed by atoms with Gasteiger partial charge in [-0.2, -0.15) is 0 Å². The standard InChI is InChI=1S/C28H20ClNO4S2/c29-22-9-5-4-8-21(22)24(31)15-14-18-10-12-20(13-11-18)17-25-26(32)30(28(35)36-25)23(27(33)34)16-19-6-2-1-3-7-19/h1-15,17,23H,16H2,(H,33,34)/b15-14+,25-17-/t23-/m0/s1. The first-order chi connectivity index (χ1) is 17.3. The molecule has 0 spiro atoms. The number of carboxylic acids is 1. The van der Waals surface area contributed by atoms with Crippen LogP contribution in [0, 0.1) is 0 Å². The predicted octanol–water partition coefficient (Wildman–Crippen LogP) is 6.13. The van der Waals surface area contributed by atoms with Crippen molar-refractivity contribution in [2.45, 2.75) is 12.5 Å².